The van der Waals surface area contributed by atoms with Gasteiger partial charge in [0.1, 0.15) is 11.9 Å². The summed E-state index contributed by atoms with van der Waals surface area (Å²) in [6.45, 7) is 3.31. The molecule has 0 unspecified atom stereocenters. The lowest BCUT2D eigenvalue weighted by Crippen LogP contribution is -2.41. The van der Waals surface area contributed by atoms with Gasteiger partial charge in [0.15, 0.2) is 0 Å². The first kappa shape index (κ1) is 15.1. The molecule has 19 heavy (non-hydrogen) atoms. The van der Waals surface area contributed by atoms with Crippen LogP contribution in [0.5, 0.6) is 0 Å². The second-order valence-electron chi connectivity index (χ2n) is 4.30. The Morgan fingerprint density at radius 2 is 2.11 bits per heavy atom. The maximum atomic E-state index is 13.0. The molecule has 0 fully saturated rings. The summed E-state index contributed by atoms with van der Waals surface area (Å²) in [6.07, 6.45) is 0. The molecule has 1 aromatic carbocycles. The first-order valence-corrected chi connectivity index (χ1v) is 5.88. The molecule has 0 aliphatic rings. The molecule has 0 radical (unpaired) electrons. The highest BCUT2D eigenvalue weighted by molar-refractivity contribution is 5.79. The fourth-order valence-corrected chi connectivity index (χ4v) is 1.41. The van der Waals surface area contributed by atoms with Gasteiger partial charge in [0.2, 0.25) is 5.91 Å². The molecule has 1 atom stereocenters. The van der Waals surface area contributed by atoms with Gasteiger partial charge in [0.25, 0.3) is 0 Å². The van der Waals surface area contributed by atoms with E-state index in [1.165, 1.54) is 13.0 Å². The molecule has 3 N–H and O–H groups in total. The first-order valence-electron chi connectivity index (χ1n) is 5.88. The van der Waals surface area contributed by atoms with E-state index in [9.17, 15) is 14.0 Å². The molecule has 5 nitrogen and oxygen atoms in total. The molecule has 104 valence electrons. The molecule has 0 saturated heterocycles. The van der Waals surface area contributed by atoms with Crippen molar-refractivity contribution in [2.75, 3.05) is 6.54 Å². The predicted octanol–water partition coefficient (Wildman–Crippen LogP) is 0.813. The van der Waals surface area contributed by atoms with Crippen LogP contribution in [0.25, 0.3) is 0 Å². The number of carboxylic acid groups (broad SMARTS) is 1. The van der Waals surface area contributed by atoms with E-state index in [-0.39, 0.29) is 24.8 Å². The van der Waals surface area contributed by atoms with Crippen LogP contribution in [0, 0.1) is 12.7 Å². The summed E-state index contributed by atoms with van der Waals surface area (Å²) in [5, 5.41) is 13.8. The van der Waals surface area contributed by atoms with Crippen molar-refractivity contribution >= 4 is 11.9 Å². The number of carboxylic acids is 1. The average molecular weight is 268 g/mol. The van der Waals surface area contributed by atoms with Crippen LogP contribution >= 0.6 is 0 Å². The molecular weight excluding hydrogens is 251 g/mol. The Hall–Kier alpha value is -1.95. The fourth-order valence-electron chi connectivity index (χ4n) is 1.41. The minimum absolute atomic E-state index is 0.0758. The van der Waals surface area contributed by atoms with Gasteiger partial charge in [0.05, 0.1) is 6.54 Å². The Morgan fingerprint density at radius 1 is 1.42 bits per heavy atom. The summed E-state index contributed by atoms with van der Waals surface area (Å²) in [5.41, 5.74) is 1.31. The van der Waals surface area contributed by atoms with Crippen LogP contribution in [0.4, 0.5) is 4.39 Å². The monoisotopic (exact) mass is 268 g/mol. The zero-order valence-electron chi connectivity index (χ0n) is 10.9. The van der Waals surface area contributed by atoms with Gasteiger partial charge in [0, 0.05) is 6.54 Å². The van der Waals surface area contributed by atoms with Crippen LogP contribution in [-0.2, 0) is 16.1 Å². The van der Waals surface area contributed by atoms with Gasteiger partial charge in [-0.25, -0.2) is 4.39 Å². The maximum absolute atomic E-state index is 13.0. The van der Waals surface area contributed by atoms with Gasteiger partial charge in [-0.2, -0.15) is 0 Å². The summed E-state index contributed by atoms with van der Waals surface area (Å²) in [4.78, 5) is 22.0. The largest absolute Gasteiger partial charge is 0.480 e. The summed E-state index contributed by atoms with van der Waals surface area (Å²) in [6, 6.07) is 3.82. The smallest absolute Gasteiger partial charge is 0.320 e. The number of amides is 1. The second-order valence-corrected chi connectivity index (χ2v) is 4.30. The number of aliphatic carboxylic acids is 1. The number of hydrogen-bond donors (Lipinski definition) is 3. The Labute approximate surface area is 110 Å². The minimum Gasteiger partial charge on any atom is -0.480 e. The van der Waals surface area contributed by atoms with Crippen LogP contribution in [0.3, 0.4) is 0 Å². The number of carbonyl (C=O) groups is 2. The Morgan fingerprint density at radius 3 is 2.68 bits per heavy atom. The highest BCUT2D eigenvalue weighted by Gasteiger charge is 2.11. The van der Waals surface area contributed by atoms with Gasteiger partial charge < -0.3 is 10.4 Å². The van der Waals surface area contributed by atoms with Crippen LogP contribution in [0.2, 0.25) is 0 Å². The number of rotatable bonds is 6. The molecule has 0 saturated carbocycles. The van der Waals surface area contributed by atoms with Gasteiger partial charge >= 0.3 is 5.97 Å². The van der Waals surface area contributed by atoms with Gasteiger partial charge in [-0.3, -0.25) is 14.9 Å². The van der Waals surface area contributed by atoms with Gasteiger partial charge in [-0.05, 0) is 31.0 Å². The lowest BCUT2D eigenvalue weighted by atomic mass is 10.1. The molecular formula is C13H17FN2O3. The molecule has 0 bridgehead atoms. The highest BCUT2D eigenvalue weighted by Crippen LogP contribution is 2.08. The number of hydrogen-bond acceptors (Lipinski definition) is 3. The van der Waals surface area contributed by atoms with Crippen molar-refractivity contribution in [3.8, 4) is 0 Å². The van der Waals surface area contributed by atoms with E-state index in [0.29, 0.717) is 5.56 Å². The van der Waals surface area contributed by atoms with E-state index in [2.05, 4.69) is 10.6 Å². The maximum Gasteiger partial charge on any atom is 0.320 e. The number of aryl methyl sites for hydroxylation is 1. The molecule has 1 amide bonds. The van der Waals surface area contributed by atoms with Crippen molar-refractivity contribution in [1.29, 1.82) is 0 Å². The van der Waals surface area contributed by atoms with E-state index < -0.39 is 12.0 Å². The molecule has 0 aliphatic heterocycles. The van der Waals surface area contributed by atoms with Crippen molar-refractivity contribution < 1.29 is 19.1 Å². The topological polar surface area (TPSA) is 78.4 Å². The lowest BCUT2D eigenvalue weighted by Gasteiger charge is -2.10. The van der Waals surface area contributed by atoms with E-state index >= 15 is 0 Å². The Balaban J connectivity index is 2.37. The SMILES string of the molecule is Cc1cc(CNC(=O)CN[C@@H](C)C(=O)O)ccc1F. The van der Waals surface area contributed by atoms with Crippen molar-refractivity contribution in [2.45, 2.75) is 26.4 Å². The van der Waals surface area contributed by atoms with Gasteiger partial charge in [-0.15, -0.1) is 0 Å². The fraction of sp³-hybridized carbons (Fsp3) is 0.385. The van der Waals surface area contributed by atoms with E-state index in [4.69, 9.17) is 5.11 Å². The molecule has 0 heterocycles. The molecule has 0 aromatic heterocycles. The van der Waals surface area contributed by atoms with Crippen molar-refractivity contribution in [3.63, 3.8) is 0 Å². The first-order chi connectivity index (χ1) is 8.90. The molecule has 1 aromatic rings. The summed E-state index contributed by atoms with van der Waals surface area (Å²) >= 11 is 0. The normalized spacial score (nSPS) is 11.9. The molecule has 1 rings (SSSR count). The lowest BCUT2D eigenvalue weighted by molar-refractivity contribution is -0.139. The van der Waals surface area contributed by atoms with E-state index in [0.717, 1.165) is 5.56 Å². The number of nitrogens with one attached hydrogen (secondary N) is 2. The van der Waals surface area contributed by atoms with Crippen LogP contribution in [0.15, 0.2) is 18.2 Å². The third-order valence-electron chi connectivity index (χ3n) is 2.65. The minimum atomic E-state index is -1.01. The Kier molecular flexibility index (Phi) is 5.44. The Bertz CT molecular complexity index is 477. The number of halogens is 1. The van der Waals surface area contributed by atoms with Crippen LogP contribution < -0.4 is 10.6 Å². The summed E-state index contributed by atoms with van der Waals surface area (Å²) in [5.74, 6) is -1.61. The van der Waals surface area contributed by atoms with Crippen molar-refractivity contribution in [1.82, 2.24) is 10.6 Å². The van der Waals surface area contributed by atoms with E-state index in [1.54, 1.807) is 19.1 Å². The average Bonchev–Trinajstić information content (AvgIpc) is 2.37. The van der Waals surface area contributed by atoms with Crippen molar-refractivity contribution in [3.05, 3.63) is 35.1 Å². The zero-order chi connectivity index (χ0) is 14.4. The third kappa shape index (κ3) is 5.05. The second kappa shape index (κ2) is 6.84. The number of benzene rings is 1. The van der Waals surface area contributed by atoms with Crippen LogP contribution in [0.1, 0.15) is 18.1 Å². The molecule has 6 heteroatoms. The molecule has 0 aliphatic carbocycles. The summed E-state index contributed by atoms with van der Waals surface area (Å²) in [7, 11) is 0. The molecule has 0 spiro atoms. The number of carbonyl (C=O) groups excluding carboxylic acids is 1. The van der Waals surface area contributed by atoms with Gasteiger partial charge in [-0.1, -0.05) is 12.1 Å². The van der Waals surface area contributed by atoms with Crippen LogP contribution in [-0.4, -0.2) is 29.6 Å². The third-order valence-corrected chi connectivity index (χ3v) is 2.65. The zero-order valence-corrected chi connectivity index (χ0v) is 10.9. The summed E-state index contributed by atoms with van der Waals surface area (Å²) < 4.78 is 13.0. The van der Waals surface area contributed by atoms with E-state index in [1.807, 2.05) is 0 Å². The standard InChI is InChI=1S/C13H17FN2O3/c1-8-5-10(3-4-11(8)14)6-16-12(17)7-15-9(2)13(18)19/h3-5,9,15H,6-7H2,1-2H3,(H,16,17)(H,18,19)/t9-/m0/s1. The quantitative estimate of drug-likeness (QED) is 0.713. The predicted molar refractivity (Wildman–Crippen MR) is 68.1 cm³/mol. The highest BCUT2D eigenvalue weighted by atomic mass is 19.1. The van der Waals surface area contributed by atoms with Crippen molar-refractivity contribution in [2.24, 2.45) is 0 Å².